The Hall–Kier alpha value is 0.246. The van der Waals surface area contributed by atoms with E-state index in [1.807, 2.05) is 13.8 Å². The van der Waals surface area contributed by atoms with Gasteiger partial charge in [-0.1, -0.05) is 26.7 Å². The third kappa shape index (κ3) is 63.8. The molecule has 48 valence electrons. The zero-order chi connectivity index (χ0) is 6.83. The van der Waals surface area contributed by atoms with Crippen LogP contribution in [-0.2, 0) is 0 Å². The van der Waals surface area contributed by atoms with Gasteiger partial charge in [0, 0.05) is 0 Å². The van der Waals surface area contributed by atoms with Crippen molar-refractivity contribution in [3.63, 3.8) is 0 Å². The SMILES string of the molecule is [CH-]=CCC.[CH-]=CCC.[Mg+2]. The molecule has 0 aliphatic carbocycles. The van der Waals surface area contributed by atoms with Gasteiger partial charge in [0.1, 0.15) is 0 Å². The van der Waals surface area contributed by atoms with Gasteiger partial charge in [0.2, 0.25) is 0 Å². The van der Waals surface area contributed by atoms with Crippen LogP contribution < -0.4 is 0 Å². The first-order chi connectivity index (χ1) is 3.83. The Morgan fingerprint density at radius 1 is 1.00 bits per heavy atom. The largest absolute Gasteiger partial charge is 2.00 e. The van der Waals surface area contributed by atoms with Crippen LogP contribution >= 0.6 is 0 Å². The standard InChI is InChI=1S/2C4H7.Mg/c2*1-3-4-2;/h2*1,3H,4H2,2H3;/q2*-1;+2. The number of hydrogen-bond acceptors (Lipinski definition) is 0. The maximum absolute atomic E-state index is 4.90. The van der Waals surface area contributed by atoms with E-state index in [-0.39, 0.29) is 23.1 Å². The minimum absolute atomic E-state index is 0. The van der Waals surface area contributed by atoms with Gasteiger partial charge in [-0.3, -0.25) is 12.2 Å². The fourth-order valence-corrected chi connectivity index (χ4v) is 0. The minimum atomic E-state index is 0. The Labute approximate surface area is 75.2 Å². The molecule has 0 aromatic carbocycles. The summed E-state index contributed by atoms with van der Waals surface area (Å²) in [6.07, 6.45) is 5.19. The molecule has 0 N–H and O–H groups in total. The third-order valence-electron chi connectivity index (χ3n) is 0.471. The Morgan fingerprint density at radius 3 is 1.11 bits per heavy atom. The van der Waals surface area contributed by atoms with E-state index in [9.17, 15) is 0 Å². The molecule has 0 bridgehead atoms. The molecule has 0 nitrogen and oxygen atoms in total. The normalized spacial score (nSPS) is 5.56. The summed E-state index contributed by atoms with van der Waals surface area (Å²) in [5.41, 5.74) is 0. The molecule has 0 heterocycles. The monoisotopic (exact) mass is 134 g/mol. The van der Waals surface area contributed by atoms with Crippen LogP contribution in [0.4, 0.5) is 0 Å². The first-order valence-electron chi connectivity index (χ1n) is 2.90. The molecule has 1 heteroatoms. The number of rotatable bonds is 2. The summed E-state index contributed by atoms with van der Waals surface area (Å²) in [5, 5.41) is 0. The number of allylic oxidation sites excluding steroid dienone is 2. The maximum atomic E-state index is 4.90. The summed E-state index contributed by atoms with van der Waals surface area (Å²) < 4.78 is 0. The van der Waals surface area contributed by atoms with Gasteiger partial charge in [-0.25, -0.2) is 0 Å². The zero-order valence-corrected chi connectivity index (χ0v) is 7.84. The van der Waals surface area contributed by atoms with Gasteiger partial charge in [0.15, 0.2) is 0 Å². The van der Waals surface area contributed by atoms with E-state index in [2.05, 4.69) is 0 Å². The van der Waals surface area contributed by atoms with Crippen molar-refractivity contribution in [1.82, 2.24) is 0 Å². The van der Waals surface area contributed by atoms with Crippen molar-refractivity contribution in [2.24, 2.45) is 0 Å². The molecule has 0 aromatic heterocycles. The Kier molecular flexibility index (Phi) is 43.0. The van der Waals surface area contributed by atoms with Gasteiger partial charge in [-0.2, -0.15) is 0 Å². The second kappa shape index (κ2) is 24.0. The van der Waals surface area contributed by atoms with Crippen molar-refractivity contribution in [2.45, 2.75) is 26.7 Å². The quantitative estimate of drug-likeness (QED) is 0.402. The molecule has 0 amide bonds. The molecule has 0 unspecified atom stereocenters. The van der Waals surface area contributed by atoms with Crippen LogP contribution in [0.25, 0.3) is 0 Å². The van der Waals surface area contributed by atoms with Crippen molar-refractivity contribution in [1.29, 1.82) is 0 Å². The first kappa shape index (κ1) is 16.1. The summed E-state index contributed by atoms with van der Waals surface area (Å²) in [7, 11) is 0. The van der Waals surface area contributed by atoms with Crippen molar-refractivity contribution in [2.75, 3.05) is 0 Å². The van der Waals surface area contributed by atoms with E-state index < -0.39 is 0 Å². The molecule has 0 saturated carbocycles. The fraction of sp³-hybridized carbons (Fsp3) is 0.500. The van der Waals surface area contributed by atoms with Crippen molar-refractivity contribution in [3.8, 4) is 0 Å². The molecule has 0 spiro atoms. The van der Waals surface area contributed by atoms with Gasteiger partial charge in [-0.05, 0) is 0 Å². The molecule has 0 atom stereocenters. The summed E-state index contributed by atoms with van der Waals surface area (Å²) in [6.45, 7) is 13.8. The predicted octanol–water partition coefficient (Wildman–Crippen LogP) is 2.39. The second-order valence-electron chi connectivity index (χ2n) is 1.29. The fourth-order valence-electron chi connectivity index (χ4n) is 0. The van der Waals surface area contributed by atoms with E-state index in [1.165, 1.54) is 0 Å². The van der Waals surface area contributed by atoms with Crippen molar-refractivity contribution in [3.05, 3.63) is 25.3 Å². The molecule has 0 rings (SSSR count). The smallest absolute Gasteiger partial charge is 0.518 e. The first-order valence-corrected chi connectivity index (χ1v) is 2.90. The molecule has 0 aliphatic heterocycles. The second-order valence-corrected chi connectivity index (χ2v) is 1.29. The molecule has 9 heavy (non-hydrogen) atoms. The van der Waals surface area contributed by atoms with Crippen LogP contribution in [0.3, 0.4) is 0 Å². The molecule has 0 saturated heterocycles. The molecular formula is C8H14Mg. The Balaban J connectivity index is -0.0000000720. The van der Waals surface area contributed by atoms with Gasteiger partial charge in [-0.15, -0.1) is 0 Å². The molecule has 0 aromatic rings. The summed E-state index contributed by atoms with van der Waals surface area (Å²) in [5.74, 6) is 0. The molecule has 0 radical (unpaired) electrons. The van der Waals surface area contributed by atoms with Crippen LogP contribution in [0.1, 0.15) is 26.7 Å². The Bertz CT molecular complexity index is 40.5. The minimum Gasteiger partial charge on any atom is -0.518 e. The van der Waals surface area contributed by atoms with Gasteiger partial charge in [0.25, 0.3) is 0 Å². The zero-order valence-electron chi connectivity index (χ0n) is 6.43. The average molecular weight is 135 g/mol. The van der Waals surface area contributed by atoms with Crippen LogP contribution in [0.15, 0.2) is 12.2 Å². The van der Waals surface area contributed by atoms with Crippen LogP contribution in [0.5, 0.6) is 0 Å². The van der Waals surface area contributed by atoms with Gasteiger partial charge in [0.05, 0.1) is 0 Å². The summed E-state index contributed by atoms with van der Waals surface area (Å²) in [6, 6.07) is 0. The third-order valence-corrected chi connectivity index (χ3v) is 0.471. The topological polar surface area (TPSA) is 0 Å². The van der Waals surface area contributed by atoms with E-state index in [0.29, 0.717) is 0 Å². The Morgan fingerprint density at radius 2 is 1.11 bits per heavy atom. The van der Waals surface area contributed by atoms with Crippen LogP contribution in [-0.4, -0.2) is 23.1 Å². The molecule has 0 fully saturated rings. The van der Waals surface area contributed by atoms with E-state index in [1.54, 1.807) is 12.2 Å². The van der Waals surface area contributed by atoms with Gasteiger partial charge < -0.3 is 13.2 Å². The van der Waals surface area contributed by atoms with Crippen molar-refractivity contribution >= 4 is 23.1 Å². The van der Waals surface area contributed by atoms with E-state index in [0.717, 1.165) is 12.8 Å². The van der Waals surface area contributed by atoms with E-state index >= 15 is 0 Å². The van der Waals surface area contributed by atoms with E-state index in [4.69, 9.17) is 13.2 Å². The number of hydrogen-bond donors (Lipinski definition) is 0. The maximum Gasteiger partial charge on any atom is 2.00 e. The van der Waals surface area contributed by atoms with Crippen molar-refractivity contribution < 1.29 is 0 Å². The predicted molar refractivity (Wildman–Crippen MR) is 44.1 cm³/mol. The average Bonchev–Trinajstić information content (AvgIpc) is 1.88. The van der Waals surface area contributed by atoms with Crippen LogP contribution in [0, 0.1) is 13.2 Å². The van der Waals surface area contributed by atoms with Crippen LogP contribution in [0.2, 0.25) is 0 Å². The summed E-state index contributed by atoms with van der Waals surface area (Å²) in [4.78, 5) is 0. The molecule has 0 aliphatic rings. The summed E-state index contributed by atoms with van der Waals surface area (Å²) >= 11 is 0. The molecular weight excluding hydrogens is 120 g/mol. The van der Waals surface area contributed by atoms with Gasteiger partial charge >= 0.3 is 23.1 Å².